The van der Waals surface area contributed by atoms with Crippen molar-refractivity contribution in [3.8, 4) is 0 Å². The van der Waals surface area contributed by atoms with E-state index in [1.54, 1.807) is 0 Å². The zero-order valence-corrected chi connectivity index (χ0v) is 12.7. The maximum atomic E-state index is 4.50. The molecule has 2 aromatic heterocycles. The molecule has 1 N–H and O–H groups in total. The van der Waals surface area contributed by atoms with Crippen molar-refractivity contribution in [2.45, 2.75) is 19.4 Å². The van der Waals surface area contributed by atoms with Crippen LogP contribution in [0.4, 0.5) is 0 Å². The highest BCUT2D eigenvalue weighted by molar-refractivity contribution is 7.17. The third-order valence-electron chi connectivity index (χ3n) is 3.52. The van der Waals surface area contributed by atoms with E-state index in [1.165, 1.54) is 15.6 Å². The number of fused-ring (bicyclic) bond motifs is 1. The maximum Gasteiger partial charge on any atom is 0.0947 e. The van der Waals surface area contributed by atoms with Gasteiger partial charge in [0.05, 0.1) is 18.1 Å². The van der Waals surface area contributed by atoms with Gasteiger partial charge in [-0.25, -0.2) is 4.98 Å². The van der Waals surface area contributed by atoms with E-state index in [-0.39, 0.29) is 6.04 Å². The van der Waals surface area contributed by atoms with Gasteiger partial charge in [-0.3, -0.25) is 0 Å². The fraction of sp³-hybridized carbons (Fsp3) is 0.312. The summed E-state index contributed by atoms with van der Waals surface area (Å²) >= 11 is 1.82. The topological polar surface area (TPSA) is 29.9 Å². The molecule has 4 heteroatoms. The second-order valence-electron chi connectivity index (χ2n) is 5.04. The van der Waals surface area contributed by atoms with Crippen LogP contribution in [0.2, 0.25) is 0 Å². The van der Waals surface area contributed by atoms with Crippen LogP contribution in [0, 0.1) is 0 Å². The fourth-order valence-corrected chi connectivity index (χ4v) is 3.53. The number of nitrogens with zero attached hydrogens (tertiary/aromatic N) is 2. The van der Waals surface area contributed by atoms with Gasteiger partial charge < -0.3 is 9.88 Å². The molecule has 0 fully saturated rings. The Bertz CT molecular complexity index is 698. The van der Waals surface area contributed by atoms with Crippen molar-refractivity contribution >= 4 is 21.4 Å². The van der Waals surface area contributed by atoms with Gasteiger partial charge in [0.1, 0.15) is 0 Å². The summed E-state index contributed by atoms with van der Waals surface area (Å²) in [5.74, 6) is 0. The third kappa shape index (κ3) is 2.62. The van der Waals surface area contributed by atoms with E-state index in [0.717, 1.165) is 18.7 Å². The average molecular weight is 285 g/mol. The van der Waals surface area contributed by atoms with Crippen molar-refractivity contribution in [2.24, 2.45) is 7.05 Å². The van der Waals surface area contributed by atoms with Gasteiger partial charge in [0.2, 0.25) is 0 Å². The smallest absolute Gasteiger partial charge is 0.0947 e. The van der Waals surface area contributed by atoms with Crippen LogP contribution in [-0.2, 0) is 13.5 Å². The number of thiophene rings is 1. The summed E-state index contributed by atoms with van der Waals surface area (Å²) in [7, 11) is 2.01. The summed E-state index contributed by atoms with van der Waals surface area (Å²) < 4.78 is 3.37. The van der Waals surface area contributed by atoms with Crippen LogP contribution < -0.4 is 5.32 Å². The molecule has 0 saturated heterocycles. The number of aromatic nitrogens is 2. The summed E-state index contributed by atoms with van der Waals surface area (Å²) in [5.41, 5.74) is 2.52. The highest BCUT2D eigenvalue weighted by Gasteiger charge is 2.15. The Balaban J connectivity index is 1.90. The lowest BCUT2D eigenvalue weighted by Crippen LogP contribution is -2.23. The molecule has 3 rings (SSSR count). The second kappa shape index (κ2) is 5.77. The predicted octanol–water partition coefficient (Wildman–Crippen LogP) is 3.53. The molecule has 0 aliphatic heterocycles. The molecule has 0 spiro atoms. The Morgan fingerprint density at radius 1 is 1.35 bits per heavy atom. The zero-order valence-electron chi connectivity index (χ0n) is 11.8. The van der Waals surface area contributed by atoms with Crippen LogP contribution >= 0.6 is 11.3 Å². The van der Waals surface area contributed by atoms with E-state index in [4.69, 9.17) is 0 Å². The normalized spacial score (nSPS) is 12.9. The van der Waals surface area contributed by atoms with E-state index >= 15 is 0 Å². The molecule has 0 bridgehead atoms. The molecular weight excluding hydrogens is 266 g/mol. The lowest BCUT2D eigenvalue weighted by atomic mass is 10.0. The lowest BCUT2D eigenvalue weighted by molar-refractivity contribution is 0.540. The Morgan fingerprint density at radius 2 is 2.20 bits per heavy atom. The Kier molecular flexibility index (Phi) is 3.85. The number of benzene rings is 1. The monoisotopic (exact) mass is 285 g/mol. The Labute approximate surface area is 123 Å². The van der Waals surface area contributed by atoms with Crippen molar-refractivity contribution in [3.05, 3.63) is 53.4 Å². The number of hydrogen-bond acceptors (Lipinski definition) is 3. The van der Waals surface area contributed by atoms with Crippen molar-refractivity contribution in [3.63, 3.8) is 0 Å². The van der Waals surface area contributed by atoms with Gasteiger partial charge in [0.25, 0.3) is 0 Å². The zero-order chi connectivity index (χ0) is 13.9. The average Bonchev–Trinajstić information content (AvgIpc) is 3.05. The van der Waals surface area contributed by atoms with E-state index in [1.807, 2.05) is 29.3 Å². The van der Waals surface area contributed by atoms with Crippen LogP contribution in [0.3, 0.4) is 0 Å². The third-order valence-corrected chi connectivity index (χ3v) is 4.53. The Morgan fingerprint density at radius 3 is 2.95 bits per heavy atom. The maximum absolute atomic E-state index is 4.50. The molecule has 3 nitrogen and oxygen atoms in total. The molecule has 104 valence electrons. The van der Waals surface area contributed by atoms with E-state index < -0.39 is 0 Å². The van der Waals surface area contributed by atoms with Crippen LogP contribution in [0.15, 0.2) is 42.2 Å². The number of nitrogens with one attached hydrogen (secondary N) is 1. The summed E-state index contributed by atoms with van der Waals surface area (Å²) in [6.07, 6.45) is 4.95. The second-order valence-corrected chi connectivity index (χ2v) is 5.95. The van der Waals surface area contributed by atoms with Crippen molar-refractivity contribution in [1.29, 1.82) is 0 Å². The number of likely N-dealkylation sites (N-methyl/N-ethyl adjacent to an activating group) is 1. The molecular formula is C16H19N3S. The highest BCUT2D eigenvalue weighted by Crippen LogP contribution is 2.29. The molecule has 0 saturated carbocycles. The summed E-state index contributed by atoms with van der Waals surface area (Å²) in [6, 6.07) is 8.89. The summed E-state index contributed by atoms with van der Waals surface area (Å²) in [6.45, 7) is 3.09. The lowest BCUT2D eigenvalue weighted by Gasteiger charge is -2.15. The number of imidazole rings is 1. The molecule has 0 aliphatic rings. The first-order valence-electron chi connectivity index (χ1n) is 6.94. The molecule has 1 atom stereocenters. The number of aryl methyl sites for hydroxylation is 1. The van der Waals surface area contributed by atoms with E-state index in [9.17, 15) is 0 Å². The predicted molar refractivity (Wildman–Crippen MR) is 85.2 cm³/mol. The van der Waals surface area contributed by atoms with E-state index in [0.29, 0.717) is 0 Å². The fourth-order valence-electron chi connectivity index (χ4n) is 2.55. The minimum Gasteiger partial charge on any atom is -0.340 e. The van der Waals surface area contributed by atoms with Gasteiger partial charge in [0, 0.05) is 17.9 Å². The first kappa shape index (κ1) is 13.3. The van der Waals surface area contributed by atoms with Crippen LogP contribution in [0.5, 0.6) is 0 Å². The Hall–Kier alpha value is -1.65. The molecule has 20 heavy (non-hydrogen) atoms. The molecule has 0 aliphatic carbocycles. The minimum atomic E-state index is 0.277. The first-order valence-corrected chi connectivity index (χ1v) is 7.82. The first-order chi connectivity index (χ1) is 9.78. The van der Waals surface area contributed by atoms with Crippen molar-refractivity contribution < 1.29 is 0 Å². The molecule has 3 aromatic rings. The summed E-state index contributed by atoms with van der Waals surface area (Å²) in [4.78, 5) is 4.50. The van der Waals surface area contributed by atoms with Gasteiger partial charge in [-0.05, 0) is 35.4 Å². The molecule has 0 amide bonds. The molecule has 0 radical (unpaired) electrons. The number of rotatable bonds is 5. The minimum absolute atomic E-state index is 0.277. The number of hydrogen-bond donors (Lipinski definition) is 1. The van der Waals surface area contributed by atoms with E-state index in [2.05, 4.69) is 53.1 Å². The van der Waals surface area contributed by atoms with Crippen molar-refractivity contribution in [2.75, 3.05) is 6.54 Å². The van der Waals surface area contributed by atoms with Gasteiger partial charge >= 0.3 is 0 Å². The van der Waals surface area contributed by atoms with Crippen molar-refractivity contribution in [1.82, 2.24) is 14.9 Å². The van der Waals surface area contributed by atoms with Gasteiger partial charge in [-0.15, -0.1) is 11.3 Å². The van der Waals surface area contributed by atoms with Gasteiger partial charge in [-0.2, -0.15) is 0 Å². The van der Waals surface area contributed by atoms with Gasteiger partial charge in [-0.1, -0.05) is 25.1 Å². The molecule has 2 heterocycles. The SMILES string of the molecule is CCNC(Cc1csc2ccccc12)c1cn(C)cn1. The molecule has 1 unspecified atom stereocenters. The highest BCUT2D eigenvalue weighted by atomic mass is 32.1. The molecule has 1 aromatic carbocycles. The standard InChI is InChI=1S/C16H19N3S/c1-3-17-14(15-9-19(2)11-18-15)8-12-10-20-16-7-5-4-6-13(12)16/h4-7,9-11,14,17H,3,8H2,1-2H3. The van der Waals surface area contributed by atoms with Gasteiger partial charge in [0.15, 0.2) is 0 Å². The van der Waals surface area contributed by atoms with Crippen LogP contribution in [0.1, 0.15) is 24.2 Å². The van der Waals surface area contributed by atoms with Crippen LogP contribution in [-0.4, -0.2) is 16.1 Å². The largest absolute Gasteiger partial charge is 0.340 e. The van der Waals surface area contributed by atoms with Crippen LogP contribution in [0.25, 0.3) is 10.1 Å². The summed E-state index contributed by atoms with van der Waals surface area (Å²) in [5, 5.41) is 7.19. The quantitative estimate of drug-likeness (QED) is 0.777.